The van der Waals surface area contributed by atoms with E-state index in [2.05, 4.69) is 37.4 Å². The highest BCUT2D eigenvalue weighted by molar-refractivity contribution is 7.92. The van der Waals surface area contributed by atoms with Crippen molar-refractivity contribution in [1.82, 2.24) is 30.6 Å². The van der Waals surface area contributed by atoms with Gasteiger partial charge >= 0.3 is 0 Å². The molecule has 0 radical (unpaired) electrons. The second kappa shape index (κ2) is 12.6. The molecule has 0 bridgehead atoms. The Bertz CT molecular complexity index is 1630. The topological polar surface area (TPSA) is 169 Å². The van der Waals surface area contributed by atoms with Crippen LogP contribution in [0, 0.1) is 11.8 Å². The lowest BCUT2D eigenvalue weighted by Crippen LogP contribution is -2.35. The predicted octanol–water partition coefficient (Wildman–Crippen LogP) is 3.39. The molecule has 1 fully saturated rings. The van der Waals surface area contributed by atoms with E-state index in [9.17, 15) is 8.42 Å². The van der Waals surface area contributed by atoms with E-state index in [1.165, 1.54) is 6.20 Å². The van der Waals surface area contributed by atoms with Crippen LogP contribution in [0.25, 0.3) is 11.5 Å². The number of aromatic amines is 1. The lowest BCUT2D eigenvalue weighted by molar-refractivity contribution is 0.204. The molecule has 1 saturated carbocycles. The molecule has 0 spiro atoms. The van der Waals surface area contributed by atoms with Gasteiger partial charge in [0.15, 0.2) is 5.82 Å². The molecule has 15 heteroatoms. The molecular formula is C28H36ClN9O4S. The van der Waals surface area contributed by atoms with Gasteiger partial charge in [-0.3, -0.25) is 0 Å². The minimum atomic E-state index is -3.87. The Morgan fingerprint density at radius 3 is 2.63 bits per heavy atom. The number of aromatic nitrogens is 6. The van der Waals surface area contributed by atoms with Crippen LogP contribution in [0.3, 0.4) is 0 Å². The van der Waals surface area contributed by atoms with Gasteiger partial charge in [0.1, 0.15) is 11.5 Å². The zero-order chi connectivity index (χ0) is 30.8. The summed E-state index contributed by atoms with van der Waals surface area (Å²) in [5.74, 6) is 1.88. The highest BCUT2D eigenvalue weighted by Gasteiger charge is 2.36. The van der Waals surface area contributed by atoms with Crippen LogP contribution < -0.4 is 14.9 Å². The lowest BCUT2D eigenvalue weighted by Gasteiger charge is -2.28. The fourth-order valence-electron chi connectivity index (χ4n) is 4.88. The van der Waals surface area contributed by atoms with E-state index in [4.69, 9.17) is 31.5 Å². The number of benzene rings is 1. The summed E-state index contributed by atoms with van der Waals surface area (Å²) in [6, 6.07) is 11.5. The molecule has 0 amide bonds. The number of ether oxygens (including phenoxy) is 1. The van der Waals surface area contributed by atoms with Crippen LogP contribution in [0.5, 0.6) is 0 Å². The first-order chi connectivity index (χ1) is 20.5. The molecule has 5 rings (SSSR count). The molecule has 230 valence electrons. The third-order valence-electron chi connectivity index (χ3n) is 7.51. The van der Waals surface area contributed by atoms with Crippen LogP contribution in [-0.2, 0) is 33.3 Å². The number of pyridine rings is 1. The van der Waals surface area contributed by atoms with Gasteiger partial charge in [-0.2, -0.15) is 15.4 Å². The average molecular weight is 630 g/mol. The predicted molar refractivity (Wildman–Crippen MR) is 163 cm³/mol. The summed E-state index contributed by atoms with van der Waals surface area (Å²) in [7, 11) is -2.24. The maximum absolute atomic E-state index is 13.1. The number of hydrogen-bond acceptors (Lipinski definition) is 11. The van der Waals surface area contributed by atoms with Crippen LogP contribution >= 0.6 is 11.6 Å². The number of sulfonamides is 1. The highest BCUT2D eigenvalue weighted by Crippen LogP contribution is 2.42. The molecule has 2 unspecified atom stereocenters. The maximum Gasteiger partial charge on any atom is 0.249 e. The van der Waals surface area contributed by atoms with E-state index >= 15 is 0 Å². The van der Waals surface area contributed by atoms with E-state index < -0.39 is 15.6 Å². The number of hydrogen-bond donors (Lipinski definition) is 2. The van der Waals surface area contributed by atoms with Crippen LogP contribution in [0.4, 0.5) is 11.6 Å². The molecule has 3 atom stereocenters. The van der Waals surface area contributed by atoms with Crippen molar-refractivity contribution in [3.8, 4) is 11.5 Å². The zero-order valence-corrected chi connectivity index (χ0v) is 26.1. The Morgan fingerprint density at radius 2 is 2.00 bits per heavy atom. The molecule has 1 aliphatic rings. The van der Waals surface area contributed by atoms with Gasteiger partial charge in [-0.05, 0) is 43.2 Å². The van der Waals surface area contributed by atoms with Crippen molar-refractivity contribution in [2.75, 3.05) is 42.3 Å². The van der Waals surface area contributed by atoms with Crippen molar-refractivity contribution in [1.29, 1.82) is 0 Å². The van der Waals surface area contributed by atoms with Gasteiger partial charge in [-0.15, -0.1) is 10.2 Å². The number of halogens is 1. The number of nitrogens with two attached hydrogens (primary N) is 1. The molecule has 4 aromatic rings. The van der Waals surface area contributed by atoms with E-state index in [0.717, 1.165) is 22.5 Å². The van der Waals surface area contributed by atoms with Crippen molar-refractivity contribution < 1.29 is 17.6 Å². The quantitative estimate of drug-likeness (QED) is 0.210. The van der Waals surface area contributed by atoms with Gasteiger partial charge in [0.25, 0.3) is 0 Å². The summed E-state index contributed by atoms with van der Waals surface area (Å²) in [6.07, 6.45) is 4.08. The van der Waals surface area contributed by atoms with E-state index in [-0.39, 0.29) is 29.2 Å². The molecule has 3 aromatic heterocycles. The summed E-state index contributed by atoms with van der Waals surface area (Å²) in [5.41, 5.74) is 7.40. The van der Waals surface area contributed by atoms with Gasteiger partial charge in [-0.25, -0.2) is 17.7 Å². The molecular weight excluding hydrogens is 594 g/mol. The summed E-state index contributed by atoms with van der Waals surface area (Å²) in [5, 5.41) is 18.9. The molecule has 43 heavy (non-hydrogen) atoms. The Balaban J connectivity index is 1.60. The first-order valence-corrected chi connectivity index (χ1v) is 16.1. The minimum absolute atomic E-state index is 0.00507. The van der Waals surface area contributed by atoms with Gasteiger partial charge in [-0.1, -0.05) is 48.9 Å². The zero-order valence-electron chi connectivity index (χ0n) is 24.6. The Kier molecular flexibility index (Phi) is 9.02. The molecule has 1 aromatic carbocycles. The lowest BCUT2D eigenvalue weighted by atomic mass is 9.94. The van der Waals surface area contributed by atoms with Gasteiger partial charge in [0.2, 0.25) is 21.8 Å². The van der Waals surface area contributed by atoms with Crippen molar-refractivity contribution >= 4 is 33.3 Å². The number of methoxy groups -OCH3 is 1. The number of rotatable bonds is 14. The Hall–Kier alpha value is -3.59. The van der Waals surface area contributed by atoms with Crippen molar-refractivity contribution in [3.63, 3.8) is 0 Å². The minimum Gasteiger partial charge on any atom is -0.419 e. The van der Waals surface area contributed by atoms with Gasteiger partial charge in [0, 0.05) is 20.2 Å². The smallest absolute Gasteiger partial charge is 0.249 e. The summed E-state index contributed by atoms with van der Waals surface area (Å²) >= 11 is 6.95. The van der Waals surface area contributed by atoms with Gasteiger partial charge in [0.05, 0.1) is 41.7 Å². The average Bonchev–Trinajstić information content (AvgIpc) is 3.34. The SMILES string of the molecule is COCCN(CC1CC1C)c1cc(-c2nnc([C@](C)(N)Cc3ccccc3)o2)c(Cl)c(N(Cc2cn[nH]n2)S(C)(=O)=O)n1. The van der Waals surface area contributed by atoms with Crippen molar-refractivity contribution in [2.45, 2.75) is 38.8 Å². The number of anilines is 2. The molecule has 13 nitrogen and oxygen atoms in total. The van der Waals surface area contributed by atoms with E-state index in [0.29, 0.717) is 55.0 Å². The third kappa shape index (κ3) is 7.32. The Morgan fingerprint density at radius 1 is 1.26 bits per heavy atom. The van der Waals surface area contributed by atoms with E-state index in [1.54, 1.807) is 13.2 Å². The molecule has 0 aliphatic heterocycles. The summed E-state index contributed by atoms with van der Waals surface area (Å²) in [4.78, 5) is 6.86. The number of nitrogens with one attached hydrogen (secondary N) is 1. The maximum atomic E-state index is 13.1. The first-order valence-electron chi connectivity index (χ1n) is 13.9. The van der Waals surface area contributed by atoms with Crippen LogP contribution in [-0.4, -0.2) is 72.1 Å². The fourth-order valence-corrected chi connectivity index (χ4v) is 6.02. The molecule has 1 aliphatic carbocycles. The Labute approximate surface area is 255 Å². The second-order valence-corrected chi connectivity index (χ2v) is 13.6. The monoisotopic (exact) mass is 629 g/mol. The van der Waals surface area contributed by atoms with Crippen molar-refractivity contribution in [2.24, 2.45) is 17.6 Å². The van der Waals surface area contributed by atoms with Gasteiger partial charge < -0.3 is 19.8 Å². The third-order valence-corrected chi connectivity index (χ3v) is 8.99. The van der Waals surface area contributed by atoms with Crippen LogP contribution in [0.1, 0.15) is 37.4 Å². The van der Waals surface area contributed by atoms with Crippen LogP contribution in [0.2, 0.25) is 5.02 Å². The number of H-pyrrole nitrogens is 1. The molecule has 0 saturated heterocycles. The largest absolute Gasteiger partial charge is 0.419 e. The number of nitrogens with zero attached hydrogens (tertiary/aromatic N) is 7. The molecule has 3 heterocycles. The summed E-state index contributed by atoms with van der Waals surface area (Å²) in [6.45, 7) is 5.56. The normalized spacial score (nSPS) is 17.9. The second-order valence-electron chi connectivity index (χ2n) is 11.3. The van der Waals surface area contributed by atoms with E-state index in [1.807, 2.05) is 37.3 Å². The summed E-state index contributed by atoms with van der Waals surface area (Å²) < 4.78 is 38.8. The fraction of sp³-hybridized carbons (Fsp3) is 0.464. The highest BCUT2D eigenvalue weighted by atomic mass is 35.5. The standard InChI is InChI=1S/C28H36ClN9O4S/c1-18-12-20(18)16-37(10-11-41-3)23-13-22(24(29)25(32-23)38(43(4,39)40)17-21-15-31-36-33-21)26-34-35-27(42-26)28(2,30)14-19-8-6-5-7-9-19/h5-9,13,15,18,20H,10-12,14,16-17,30H2,1-4H3,(H,31,33,36)/t18?,20?,28-/m1/s1. The first kappa shape index (κ1) is 30.9. The van der Waals surface area contributed by atoms with Crippen LogP contribution in [0.15, 0.2) is 47.0 Å². The van der Waals surface area contributed by atoms with Crippen molar-refractivity contribution in [3.05, 3.63) is 64.8 Å². The molecule has 3 N–H and O–H groups in total.